The number of methoxy groups -OCH3 is 1. The third-order valence-corrected chi connectivity index (χ3v) is 6.35. The second kappa shape index (κ2) is 12.9. The Hall–Kier alpha value is -3.90. The molecule has 0 bridgehead atoms. The molecule has 1 fully saturated rings. The molecule has 0 saturated carbocycles. The van der Waals surface area contributed by atoms with Crippen molar-refractivity contribution in [3.8, 4) is 5.75 Å². The Morgan fingerprint density at radius 2 is 1.70 bits per heavy atom. The van der Waals surface area contributed by atoms with Gasteiger partial charge >= 0.3 is 0 Å². The number of rotatable bonds is 12. The predicted molar refractivity (Wildman–Crippen MR) is 149 cm³/mol. The van der Waals surface area contributed by atoms with E-state index in [2.05, 4.69) is 41.7 Å². The quantitative estimate of drug-likeness (QED) is 0.114. The SMILES string of the molecule is COc1ccc(N2C(=O)/C(=C/C(C)=N/OCCCNC(C)Cc3ccccc3)C2c2ccccc2)cc1. The zero-order valence-electron chi connectivity index (χ0n) is 21.8. The lowest BCUT2D eigenvalue weighted by Gasteiger charge is -2.43. The van der Waals surface area contributed by atoms with Crippen molar-refractivity contribution in [3.05, 3.63) is 108 Å². The molecular weight excluding hydrogens is 462 g/mol. The lowest BCUT2D eigenvalue weighted by atomic mass is 9.86. The van der Waals surface area contributed by atoms with Crippen LogP contribution in [-0.2, 0) is 16.1 Å². The van der Waals surface area contributed by atoms with Gasteiger partial charge < -0.3 is 14.9 Å². The number of allylic oxidation sites excluding steroid dienone is 1. The van der Waals surface area contributed by atoms with Crippen LogP contribution < -0.4 is 15.0 Å². The number of β-lactam (4-membered cyclic amide) rings is 1. The summed E-state index contributed by atoms with van der Waals surface area (Å²) < 4.78 is 5.26. The fourth-order valence-electron chi connectivity index (χ4n) is 4.48. The molecule has 3 aromatic rings. The average molecular weight is 498 g/mol. The molecule has 0 aliphatic carbocycles. The average Bonchev–Trinajstić information content (AvgIpc) is 2.93. The summed E-state index contributed by atoms with van der Waals surface area (Å²) in [4.78, 5) is 20.5. The van der Waals surface area contributed by atoms with Crippen LogP contribution in [0, 0.1) is 0 Å². The first-order valence-electron chi connectivity index (χ1n) is 12.7. The number of hydrogen-bond donors (Lipinski definition) is 1. The normalized spacial score (nSPS) is 17.4. The summed E-state index contributed by atoms with van der Waals surface area (Å²) in [6.07, 6.45) is 3.68. The van der Waals surface area contributed by atoms with Crippen LogP contribution in [0.4, 0.5) is 5.69 Å². The zero-order chi connectivity index (χ0) is 26.0. The Morgan fingerprint density at radius 3 is 2.38 bits per heavy atom. The van der Waals surface area contributed by atoms with Crippen LogP contribution >= 0.6 is 0 Å². The second-order valence-electron chi connectivity index (χ2n) is 9.25. The number of carbonyl (C=O) groups is 1. The van der Waals surface area contributed by atoms with Crippen LogP contribution in [0.25, 0.3) is 0 Å². The minimum atomic E-state index is -0.178. The number of amides is 1. The van der Waals surface area contributed by atoms with Crippen molar-refractivity contribution in [3.63, 3.8) is 0 Å². The molecule has 2 unspecified atom stereocenters. The van der Waals surface area contributed by atoms with Crippen molar-refractivity contribution >= 4 is 17.3 Å². The predicted octanol–water partition coefficient (Wildman–Crippen LogP) is 5.71. The number of nitrogens with zero attached hydrogens (tertiary/aromatic N) is 2. The van der Waals surface area contributed by atoms with Crippen LogP contribution in [0.15, 0.2) is 102 Å². The van der Waals surface area contributed by atoms with E-state index in [1.54, 1.807) is 12.0 Å². The van der Waals surface area contributed by atoms with Gasteiger partial charge in [0.05, 0.1) is 18.9 Å². The fourth-order valence-corrected chi connectivity index (χ4v) is 4.48. The van der Waals surface area contributed by atoms with E-state index in [1.807, 2.05) is 73.7 Å². The molecule has 37 heavy (non-hydrogen) atoms. The maximum Gasteiger partial charge on any atom is 0.257 e. The van der Waals surface area contributed by atoms with Crippen LogP contribution in [0.2, 0.25) is 0 Å². The molecule has 1 aliphatic heterocycles. The number of nitrogens with one attached hydrogen (secondary N) is 1. The molecule has 1 N–H and O–H groups in total. The van der Waals surface area contributed by atoms with E-state index < -0.39 is 0 Å². The van der Waals surface area contributed by atoms with Crippen LogP contribution in [0.5, 0.6) is 5.75 Å². The van der Waals surface area contributed by atoms with E-state index in [9.17, 15) is 4.79 Å². The van der Waals surface area contributed by atoms with Crippen molar-refractivity contribution in [2.24, 2.45) is 5.16 Å². The third-order valence-electron chi connectivity index (χ3n) is 6.35. The molecule has 1 heterocycles. The molecule has 6 nitrogen and oxygen atoms in total. The number of anilines is 1. The molecular formula is C31H35N3O3. The van der Waals surface area contributed by atoms with Crippen LogP contribution in [0.1, 0.15) is 37.4 Å². The van der Waals surface area contributed by atoms with Crippen molar-refractivity contribution in [2.45, 2.75) is 38.8 Å². The summed E-state index contributed by atoms with van der Waals surface area (Å²) >= 11 is 0. The van der Waals surface area contributed by atoms with Gasteiger partial charge in [-0.15, -0.1) is 0 Å². The maximum absolute atomic E-state index is 13.2. The van der Waals surface area contributed by atoms with Gasteiger partial charge in [-0.05, 0) is 74.7 Å². The molecule has 0 radical (unpaired) electrons. The lowest BCUT2D eigenvalue weighted by Crippen LogP contribution is -2.49. The van der Waals surface area contributed by atoms with Crippen molar-refractivity contribution < 1.29 is 14.4 Å². The number of oxime groups is 1. The highest BCUT2D eigenvalue weighted by atomic mass is 16.6. The highest BCUT2D eigenvalue weighted by molar-refractivity contribution is 6.18. The fraction of sp³-hybridized carbons (Fsp3) is 0.290. The van der Waals surface area contributed by atoms with Crippen molar-refractivity contribution in [1.29, 1.82) is 0 Å². The van der Waals surface area contributed by atoms with E-state index in [-0.39, 0.29) is 11.9 Å². The first-order chi connectivity index (χ1) is 18.1. The molecule has 0 aromatic heterocycles. The summed E-state index contributed by atoms with van der Waals surface area (Å²) in [6.45, 7) is 5.42. The van der Waals surface area contributed by atoms with E-state index in [4.69, 9.17) is 9.57 Å². The largest absolute Gasteiger partial charge is 0.497 e. The number of carbonyl (C=O) groups excluding carboxylic acids is 1. The molecule has 6 heteroatoms. The molecule has 2 atom stereocenters. The monoisotopic (exact) mass is 497 g/mol. The Bertz CT molecular complexity index is 1210. The summed E-state index contributed by atoms with van der Waals surface area (Å²) in [5, 5.41) is 7.77. The van der Waals surface area contributed by atoms with E-state index in [0.29, 0.717) is 23.9 Å². The van der Waals surface area contributed by atoms with Gasteiger partial charge in [-0.3, -0.25) is 9.69 Å². The molecule has 1 amide bonds. The highest BCUT2D eigenvalue weighted by Crippen LogP contribution is 2.43. The molecule has 3 aromatic carbocycles. The van der Waals surface area contributed by atoms with Gasteiger partial charge in [-0.2, -0.15) is 0 Å². The molecule has 1 saturated heterocycles. The number of benzene rings is 3. The minimum absolute atomic E-state index is 0.0369. The minimum Gasteiger partial charge on any atom is -0.497 e. The van der Waals surface area contributed by atoms with Gasteiger partial charge in [0, 0.05) is 17.3 Å². The Morgan fingerprint density at radius 1 is 1.03 bits per heavy atom. The zero-order valence-corrected chi connectivity index (χ0v) is 21.8. The van der Waals surface area contributed by atoms with Gasteiger partial charge in [0.1, 0.15) is 12.4 Å². The molecule has 1 aliphatic rings. The lowest BCUT2D eigenvalue weighted by molar-refractivity contribution is -0.119. The smallest absolute Gasteiger partial charge is 0.257 e. The van der Waals surface area contributed by atoms with Gasteiger partial charge in [-0.1, -0.05) is 65.8 Å². The number of hydrogen-bond acceptors (Lipinski definition) is 5. The summed E-state index contributed by atoms with van der Waals surface area (Å²) in [5.74, 6) is 0.718. The topological polar surface area (TPSA) is 63.2 Å². The van der Waals surface area contributed by atoms with Gasteiger partial charge in [0.2, 0.25) is 0 Å². The molecule has 192 valence electrons. The Kier molecular flexibility index (Phi) is 9.11. The van der Waals surface area contributed by atoms with Gasteiger partial charge in [-0.25, -0.2) is 0 Å². The van der Waals surface area contributed by atoms with Crippen molar-refractivity contribution in [2.75, 3.05) is 25.2 Å². The summed E-state index contributed by atoms with van der Waals surface area (Å²) in [6, 6.07) is 28.3. The third kappa shape index (κ3) is 6.86. The van der Waals surface area contributed by atoms with Crippen LogP contribution in [-0.4, -0.2) is 37.9 Å². The van der Waals surface area contributed by atoms with Crippen LogP contribution in [0.3, 0.4) is 0 Å². The highest BCUT2D eigenvalue weighted by Gasteiger charge is 2.43. The molecule has 0 spiro atoms. The summed E-state index contributed by atoms with van der Waals surface area (Å²) in [5.41, 5.74) is 4.58. The van der Waals surface area contributed by atoms with E-state index >= 15 is 0 Å². The van der Waals surface area contributed by atoms with Gasteiger partial charge in [0.15, 0.2) is 0 Å². The van der Waals surface area contributed by atoms with Gasteiger partial charge in [0.25, 0.3) is 5.91 Å². The Labute approximate surface area is 219 Å². The first kappa shape index (κ1) is 26.2. The van der Waals surface area contributed by atoms with E-state index in [0.717, 1.165) is 36.4 Å². The van der Waals surface area contributed by atoms with E-state index in [1.165, 1.54) is 5.56 Å². The molecule has 4 rings (SSSR count). The maximum atomic E-state index is 13.2. The first-order valence-corrected chi connectivity index (χ1v) is 12.7. The standard InChI is InChI=1S/C31H35N3O3/c1-23(21-25-11-6-4-7-12-25)32-19-10-20-37-33-24(2)22-29-30(26-13-8-5-9-14-26)34(31(29)35)27-15-17-28(36-3)18-16-27/h4-9,11-18,22-23,30,32H,10,19-21H2,1-3H3/b29-22+,33-24+. The Balaban J connectivity index is 1.32. The summed E-state index contributed by atoms with van der Waals surface area (Å²) in [7, 11) is 1.63. The second-order valence-corrected chi connectivity index (χ2v) is 9.25. The number of ether oxygens (including phenoxy) is 1. The van der Waals surface area contributed by atoms with Crippen molar-refractivity contribution in [1.82, 2.24) is 5.32 Å².